The van der Waals surface area contributed by atoms with Crippen LogP contribution in [0.25, 0.3) is 0 Å². The number of terminal acetylenes is 1. The first kappa shape index (κ1) is 18.3. The number of hydrogen-bond acceptors (Lipinski definition) is 3. The predicted molar refractivity (Wildman–Crippen MR) is 95.7 cm³/mol. The van der Waals surface area contributed by atoms with Crippen LogP contribution in [0.1, 0.15) is 12.5 Å². The molecule has 2 aromatic carbocycles. The van der Waals surface area contributed by atoms with Gasteiger partial charge >= 0.3 is 0 Å². The van der Waals surface area contributed by atoms with Crippen molar-refractivity contribution in [3.63, 3.8) is 0 Å². The lowest BCUT2D eigenvalue weighted by Crippen LogP contribution is -2.04. The topological polar surface area (TPSA) is 30.5 Å². The number of nitrogens with one attached hydrogen (secondary N) is 1. The van der Waals surface area contributed by atoms with Crippen LogP contribution in [0.4, 0.5) is 10.1 Å². The molecule has 3 nitrogen and oxygen atoms in total. The monoisotopic (exact) mass is 367 g/mol. The lowest BCUT2D eigenvalue weighted by atomic mass is 10.2. The van der Waals surface area contributed by atoms with Gasteiger partial charge in [0.1, 0.15) is 12.4 Å². The molecule has 0 saturated heterocycles. The SMILES string of the molecule is C#CCOc1c(Cl)cc(CNc2ccc(F)c(Cl)c2)cc1OCC. The molecule has 1 N–H and O–H groups in total. The normalized spacial score (nSPS) is 10.1. The Bertz CT molecular complexity index is 759. The molecule has 0 aliphatic rings. The number of benzene rings is 2. The van der Waals surface area contributed by atoms with E-state index in [9.17, 15) is 4.39 Å². The Morgan fingerprint density at radius 3 is 2.62 bits per heavy atom. The van der Waals surface area contributed by atoms with Crippen molar-refractivity contribution in [1.29, 1.82) is 0 Å². The van der Waals surface area contributed by atoms with Crippen LogP contribution >= 0.6 is 23.2 Å². The largest absolute Gasteiger partial charge is 0.490 e. The Morgan fingerprint density at radius 1 is 1.17 bits per heavy atom. The van der Waals surface area contributed by atoms with Gasteiger partial charge in [-0.1, -0.05) is 29.1 Å². The van der Waals surface area contributed by atoms with Gasteiger partial charge in [-0.3, -0.25) is 0 Å². The highest BCUT2D eigenvalue weighted by Gasteiger charge is 2.12. The van der Waals surface area contributed by atoms with Gasteiger partial charge in [0.25, 0.3) is 0 Å². The molecule has 0 heterocycles. The molecule has 0 radical (unpaired) electrons. The summed E-state index contributed by atoms with van der Waals surface area (Å²) >= 11 is 12.0. The first-order valence-corrected chi connectivity index (χ1v) is 8.01. The van der Waals surface area contributed by atoms with E-state index in [-0.39, 0.29) is 11.6 Å². The molecule has 0 spiro atoms. The summed E-state index contributed by atoms with van der Waals surface area (Å²) in [5.41, 5.74) is 1.57. The fraction of sp³-hybridized carbons (Fsp3) is 0.222. The summed E-state index contributed by atoms with van der Waals surface area (Å²) in [5.74, 6) is 2.88. The quantitative estimate of drug-likeness (QED) is 0.686. The third kappa shape index (κ3) is 4.70. The van der Waals surface area contributed by atoms with E-state index >= 15 is 0 Å². The highest BCUT2D eigenvalue weighted by Crippen LogP contribution is 2.37. The second-order valence-electron chi connectivity index (χ2n) is 4.81. The van der Waals surface area contributed by atoms with Crippen LogP contribution < -0.4 is 14.8 Å². The minimum Gasteiger partial charge on any atom is -0.490 e. The number of anilines is 1. The molecule has 2 rings (SSSR count). The van der Waals surface area contributed by atoms with Gasteiger partial charge in [-0.2, -0.15) is 0 Å². The van der Waals surface area contributed by atoms with Gasteiger partial charge in [-0.25, -0.2) is 4.39 Å². The van der Waals surface area contributed by atoms with E-state index in [1.54, 1.807) is 12.1 Å². The Balaban J connectivity index is 2.17. The van der Waals surface area contributed by atoms with E-state index in [4.69, 9.17) is 39.1 Å². The molecule has 126 valence electrons. The molecule has 24 heavy (non-hydrogen) atoms. The summed E-state index contributed by atoms with van der Waals surface area (Å²) in [6.07, 6.45) is 5.21. The van der Waals surface area contributed by atoms with Crippen LogP contribution in [-0.2, 0) is 6.54 Å². The molecular formula is C18H16Cl2FNO2. The first-order chi connectivity index (χ1) is 11.5. The van der Waals surface area contributed by atoms with E-state index in [1.807, 2.05) is 13.0 Å². The predicted octanol–water partition coefficient (Wildman–Crippen LogP) is 5.16. The molecule has 0 aliphatic heterocycles. The summed E-state index contributed by atoms with van der Waals surface area (Å²) in [6, 6.07) is 8.01. The van der Waals surface area contributed by atoms with Crippen molar-refractivity contribution in [2.45, 2.75) is 13.5 Å². The second-order valence-corrected chi connectivity index (χ2v) is 5.63. The molecule has 0 unspecified atom stereocenters. The smallest absolute Gasteiger partial charge is 0.181 e. The first-order valence-electron chi connectivity index (χ1n) is 7.25. The lowest BCUT2D eigenvalue weighted by molar-refractivity contribution is 0.299. The molecule has 6 heteroatoms. The van der Waals surface area contributed by atoms with Crippen molar-refractivity contribution in [2.75, 3.05) is 18.5 Å². The van der Waals surface area contributed by atoms with Crippen LogP contribution in [0.2, 0.25) is 10.0 Å². The zero-order valence-electron chi connectivity index (χ0n) is 13.0. The molecule has 0 aromatic heterocycles. The van der Waals surface area contributed by atoms with E-state index in [2.05, 4.69) is 11.2 Å². The average Bonchev–Trinajstić information content (AvgIpc) is 2.55. The highest BCUT2D eigenvalue weighted by molar-refractivity contribution is 6.32. The lowest BCUT2D eigenvalue weighted by Gasteiger charge is -2.15. The van der Waals surface area contributed by atoms with Gasteiger partial charge in [0.15, 0.2) is 11.5 Å². The van der Waals surface area contributed by atoms with Crippen molar-refractivity contribution in [3.8, 4) is 23.8 Å². The van der Waals surface area contributed by atoms with Crippen LogP contribution in [0, 0.1) is 18.2 Å². The van der Waals surface area contributed by atoms with Gasteiger partial charge in [-0.15, -0.1) is 6.42 Å². The van der Waals surface area contributed by atoms with E-state index in [1.165, 1.54) is 12.1 Å². The van der Waals surface area contributed by atoms with E-state index in [0.29, 0.717) is 35.4 Å². The molecule has 2 aromatic rings. The maximum absolute atomic E-state index is 13.2. The van der Waals surface area contributed by atoms with Crippen molar-refractivity contribution in [1.82, 2.24) is 0 Å². The summed E-state index contributed by atoms with van der Waals surface area (Å²) in [7, 11) is 0. The summed E-state index contributed by atoms with van der Waals surface area (Å²) in [5, 5.41) is 3.62. The Kier molecular flexibility index (Phi) is 6.60. The fourth-order valence-corrected chi connectivity index (χ4v) is 2.52. The molecule has 0 aliphatic carbocycles. The maximum atomic E-state index is 13.2. The van der Waals surface area contributed by atoms with Gasteiger partial charge in [0.2, 0.25) is 0 Å². The maximum Gasteiger partial charge on any atom is 0.181 e. The zero-order chi connectivity index (χ0) is 17.5. The van der Waals surface area contributed by atoms with E-state index < -0.39 is 5.82 Å². The molecule has 0 bridgehead atoms. The standard InChI is InChI=1S/C18H16Cl2FNO2/c1-3-7-24-18-15(20)8-12(9-17(18)23-4-2)11-22-13-5-6-16(21)14(19)10-13/h1,5-6,8-10,22H,4,7,11H2,2H3. The third-order valence-corrected chi connectivity index (χ3v) is 3.66. The second kappa shape index (κ2) is 8.68. The fourth-order valence-electron chi connectivity index (χ4n) is 2.05. The van der Waals surface area contributed by atoms with Gasteiger partial charge in [-0.05, 0) is 42.8 Å². The third-order valence-electron chi connectivity index (χ3n) is 3.09. The Labute approximate surface area is 150 Å². The van der Waals surface area contributed by atoms with Gasteiger partial charge < -0.3 is 14.8 Å². The van der Waals surface area contributed by atoms with Crippen LogP contribution in [0.3, 0.4) is 0 Å². The van der Waals surface area contributed by atoms with Gasteiger partial charge in [0, 0.05) is 12.2 Å². The molecule has 0 atom stereocenters. The summed E-state index contributed by atoms with van der Waals surface area (Å²) < 4.78 is 24.2. The van der Waals surface area contributed by atoms with Crippen molar-refractivity contribution in [3.05, 3.63) is 51.8 Å². The van der Waals surface area contributed by atoms with Crippen molar-refractivity contribution in [2.24, 2.45) is 0 Å². The Morgan fingerprint density at radius 2 is 1.96 bits per heavy atom. The van der Waals surface area contributed by atoms with Crippen LogP contribution in [0.15, 0.2) is 30.3 Å². The van der Waals surface area contributed by atoms with Crippen LogP contribution in [-0.4, -0.2) is 13.2 Å². The molecule has 0 saturated carbocycles. The molecule has 0 fully saturated rings. The van der Waals surface area contributed by atoms with Crippen molar-refractivity contribution >= 4 is 28.9 Å². The highest BCUT2D eigenvalue weighted by atomic mass is 35.5. The molecular weight excluding hydrogens is 352 g/mol. The number of ether oxygens (including phenoxy) is 2. The Hall–Kier alpha value is -2.09. The average molecular weight is 368 g/mol. The van der Waals surface area contributed by atoms with E-state index in [0.717, 1.165) is 5.56 Å². The minimum atomic E-state index is -0.459. The minimum absolute atomic E-state index is 0.0612. The zero-order valence-corrected chi connectivity index (χ0v) is 14.5. The summed E-state index contributed by atoms with van der Waals surface area (Å²) in [4.78, 5) is 0. The van der Waals surface area contributed by atoms with Crippen molar-refractivity contribution < 1.29 is 13.9 Å². The van der Waals surface area contributed by atoms with Crippen LogP contribution in [0.5, 0.6) is 11.5 Å². The molecule has 0 amide bonds. The summed E-state index contributed by atoms with van der Waals surface area (Å²) in [6.45, 7) is 2.89. The number of rotatable bonds is 7. The van der Waals surface area contributed by atoms with Gasteiger partial charge in [0.05, 0.1) is 16.7 Å². The number of hydrogen-bond donors (Lipinski definition) is 1. The number of halogens is 3.